The number of carbonyl (C=O) groups excluding carboxylic acids is 1. The zero-order chi connectivity index (χ0) is 18.6. The minimum absolute atomic E-state index is 0.0129. The topological polar surface area (TPSA) is 71.0 Å². The molecule has 1 aromatic rings. The highest BCUT2D eigenvalue weighted by Gasteiger charge is 2.86. The van der Waals surface area contributed by atoms with Crippen molar-refractivity contribution in [2.75, 3.05) is 25.5 Å². The Balaban J connectivity index is 1.77. The van der Waals surface area contributed by atoms with Crippen LogP contribution in [0.4, 0.5) is 5.69 Å². The molecule has 6 aliphatic heterocycles. The molecule has 1 saturated carbocycles. The van der Waals surface area contributed by atoms with Gasteiger partial charge in [-0.15, -0.1) is 0 Å². The molecule has 2 N–H and O–H groups in total. The van der Waals surface area contributed by atoms with E-state index in [-0.39, 0.29) is 17.9 Å². The molecule has 1 aromatic carbocycles. The van der Waals surface area contributed by atoms with Gasteiger partial charge in [-0.05, 0) is 25.0 Å². The van der Waals surface area contributed by atoms with Crippen LogP contribution in [0.2, 0.25) is 0 Å². The first kappa shape index (κ1) is 16.1. The number of methoxy groups -OCH3 is 1. The maximum Gasteiger partial charge on any atom is 0.318 e. The monoisotopic (exact) mass is 368 g/mol. The predicted molar refractivity (Wildman–Crippen MR) is 97.9 cm³/mol. The molecule has 7 aliphatic rings. The highest BCUT2D eigenvalue weighted by molar-refractivity contribution is 5.86. The molecular formula is C21H24N2O4. The standard InChI is InChI=1S/C21H24N2O4/c1-3-12-10-23-11-19-14-6-4-5-7-16(14)22-17-21(19,18(24)26-2)15(12)8-13(23)9-20(19,25)27-17/h3-7,13,15,17,22,25H,8-11H2,1-2H3/t13?,15-,17+,19-,20-,21-/m1/s1. The summed E-state index contributed by atoms with van der Waals surface area (Å²) in [6.07, 6.45) is 2.90. The quantitative estimate of drug-likeness (QED) is 0.580. The zero-order valence-corrected chi connectivity index (χ0v) is 15.6. The Hall–Kier alpha value is -1.89. The molecule has 0 aromatic heterocycles. The number of rotatable bonds is 1. The van der Waals surface area contributed by atoms with Crippen molar-refractivity contribution in [2.45, 2.75) is 43.2 Å². The second-order valence-corrected chi connectivity index (χ2v) is 8.65. The Morgan fingerprint density at radius 3 is 3.04 bits per heavy atom. The van der Waals surface area contributed by atoms with E-state index < -0.39 is 22.8 Å². The SMILES string of the molecule is CC=C1CN2C[C@@]34c5ccccc5N[C@H]5O[C@]3(O)CC2C[C@H]1[C@]54C(=O)OC. The van der Waals surface area contributed by atoms with Crippen LogP contribution in [0.5, 0.6) is 0 Å². The lowest BCUT2D eigenvalue weighted by Crippen LogP contribution is -2.68. The Bertz CT molecular complexity index is 900. The lowest BCUT2D eigenvalue weighted by molar-refractivity contribution is -0.245. The van der Waals surface area contributed by atoms with Gasteiger partial charge in [0.2, 0.25) is 0 Å². The molecule has 7 bridgehead atoms. The number of para-hydroxylation sites is 1. The lowest BCUT2D eigenvalue weighted by Gasteiger charge is -2.54. The summed E-state index contributed by atoms with van der Waals surface area (Å²) >= 11 is 0. The number of allylic oxidation sites excluding steroid dienone is 1. The molecule has 1 aliphatic carbocycles. The van der Waals surface area contributed by atoms with E-state index in [1.165, 1.54) is 12.7 Å². The Labute approximate surface area is 158 Å². The number of esters is 1. The average molecular weight is 368 g/mol. The largest absolute Gasteiger partial charge is 0.468 e. The number of fused-ring (bicyclic) bond motifs is 2. The van der Waals surface area contributed by atoms with Gasteiger partial charge in [-0.2, -0.15) is 0 Å². The molecule has 2 unspecified atom stereocenters. The van der Waals surface area contributed by atoms with Crippen LogP contribution in [0.15, 0.2) is 35.9 Å². The van der Waals surface area contributed by atoms with Gasteiger partial charge in [0.05, 0.1) is 12.5 Å². The molecule has 6 heterocycles. The number of hydrogen-bond donors (Lipinski definition) is 2. The third-order valence-electron chi connectivity index (χ3n) is 8.03. The fourth-order valence-corrected chi connectivity index (χ4v) is 7.11. The van der Waals surface area contributed by atoms with Crippen molar-refractivity contribution in [2.24, 2.45) is 11.3 Å². The summed E-state index contributed by atoms with van der Waals surface area (Å²) in [7, 11) is 1.45. The first-order valence-corrected chi connectivity index (χ1v) is 9.75. The van der Waals surface area contributed by atoms with Crippen molar-refractivity contribution in [3.63, 3.8) is 0 Å². The van der Waals surface area contributed by atoms with E-state index >= 15 is 0 Å². The number of hydrogen-bond acceptors (Lipinski definition) is 6. The molecule has 7 atom stereocenters. The van der Waals surface area contributed by atoms with Gasteiger partial charge < -0.3 is 19.9 Å². The van der Waals surface area contributed by atoms with Crippen LogP contribution < -0.4 is 5.32 Å². The second kappa shape index (κ2) is 4.74. The van der Waals surface area contributed by atoms with Gasteiger partial charge in [-0.1, -0.05) is 29.8 Å². The van der Waals surface area contributed by atoms with E-state index in [2.05, 4.69) is 16.3 Å². The van der Waals surface area contributed by atoms with E-state index in [1.54, 1.807) is 0 Å². The van der Waals surface area contributed by atoms with Crippen LogP contribution in [0.3, 0.4) is 0 Å². The van der Waals surface area contributed by atoms with Crippen molar-refractivity contribution >= 4 is 11.7 Å². The van der Waals surface area contributed by atoms with Gasteiger partial charge in [0.25, 0.3) is 0 Å². The fraction of sp³-hybridized carbons (Fsp3) is 0.571. The van der Waals surface area contributed by atoms with Gasteiger partial charge >= 0.3 is 5.97 Å². The van der Waals surface area contributed by atoms with Gasteiger partial charge in [0.15, 0.2) is 5.79 Å². The van der Waals surface area contributed by atoms with E-state index in [0.29, 0.717) is 13.0 Å². The van der Waals surface area contributed by atoms with Crippen LogP contribution in [0.1, 0.15) is 25.3 Å². The molecule has 6 heteroatoms. The zero-order valence-electron chi connectivity index (χ0n) is 15.6. The van der Waals surface area contributed by atoms with Crippen LogP contribution in [0, 0.1) is 11.3 Å². The molecule has 0 amide bonds. The number of benzene rings is 1. The maximum atomic E-state index is 13.6. The molecule has 8 rings (SSSR count). The molecule has 6 fully saturated rings. The number of anilines is 1. The minimum atomic E-state index is -1.38. The third kappa shape index (κ3) is 1.45. The summed E-state index contributed by atoms with van der Waals surface area (Å²) < 4.78 is 11.8. The average Bonchev–Trinajstić information content (AvgIpc) is 2.83. The number of carbonyl (C=O) groups is 1. The predicted octanol–water partition coefficient (Wildman–Crippen LogP) is 1.61. The molecule has 6 nitrogen and oxygen atoms in total. The summed E-state index contributed by atoms with van der Waals surface area (Å²) in [5, 5.41) is 15.4. The molecule has 27 heavy (non-hydrogen) atoms. The van der Waals surface area contributed by atoms with Crippen LogP contribution in [0.25, 0.3) is 0 Å². The number of ether oxygens (including phenoxy) is 2. The Morgan fingerprint density at radius 1 is 1.44 bits per heavy atom. The normalized spacial score (nSPS) is 49.5. The van der Waals surface area contributed by atoms with Gasteiger partial charge in [-0.25, -0.2) is 0 Å². The summed E-state index contributed by atoms with van der Waals surface area (Å²) in [5.74, 6) is -1.68. The third-order valence-corrected chi connectivity index (χ3v) is 8.03. The number of piperidine rings is 2. The van der Waals surface area contributed by atoms with Gasteiger partial charge in [-0.3, -0.25) is 9.69 Å². The Morgan fingerprint density at radius 2 is 2.26 bits per heavy atom. The lowest BCUT2D eigenvalue weighted by atomic mass is 9.50. The van der Waals surface area contributed by atoms with E-state index in [1.807, 2.05) is 31.2 Å². The van der Waals surface area contributed by atoms with Crippen molar-refractivity contribution in [3.05, 3.63) is 41.5 Å². The summed E-state index contributed by atoms with van der Waals surface area (Å²) in [6, 6.07) is 8.22. The van der Waals surface area contributed by atoms with E-state index in [0.717, 1.165) is 24.2 Å². The Kier molecular flexibility index (Phi) is 2.83. The first-order valence-electron chi connectivity index (χ1n) is 9.75. The van der Waals surface area contributed by atoms with Crippen molar-refractivity contribution in [1.29, 1.82) is 0 Å². The molecule has 142 valence electrons. The second-order valence-electron chi connectivity index (χ2n) is 8.65. The highest BCUT2D eigenvalue weighted by Crippen LogP contribution is 2.73. The minimum Gasteiger partial charge on any atom is -0.468 e. The van der Waals surface area contributed by atoms with Crippen LogP contribution in [-0.2, 0) is 19.7 Å². The van der Waals surface area contributed by atoms with E-state index in [4.69, 9.17) is 9.47 Å². The van der Waals surface area contributed by atoms with E-state index in [9.17, 15) is 9.90 Å². The molecule has 0 radical (unpaired) electrons. The smallest absolute Gasteiger partial charge is 0.318 e. The van der Waals surface area contributed by atoms with Crippen molar-refractivity contribution < 1.29 is 19.4 Å². The fourth-order valence-electron chi connectivity index (χ4n) is 7.11. The van der Waals surface area contributed by atoms with Gasteiger partial charge in [0, 0.05) is 37.2 Å². The van der Waals surface area contributed by atoms with Crippen LogP contribution in [-0.4, -0.2) is 54.2 Å². The maximum absolute atomic E-state index is 13.6. The number of nitrogens with one attached hydrogen (secondary N) is 1. The number of nitrogens with zero attached hydrogens (tertiary/aromatic N) is 1. The molecule has 1 spiro atoms. The summed E-state index contributed by atoms with van der Waals surface area (Å²) in [5.41, 5.74) is 1.34. The van der Waals surface area contributed by atoms with Crippen molar-refractivity contribution in [3.8, 4) is 0 Å². The molecular weight excluding hydrogens is 344 g/mol. The first-order chi connectivity index (χ1) is 13.0. The highest BCUT2D eigenvalue weighted by atomic mass is 16.7. The van der Waals surface area contributed by atoms with Gasteiger partial charge in [0.1, 0.15) is 11.6 Å². The number of aliphatic hydroxyl groups is 1. The summed E-state index contributed by atoms with van der Waals surface area (Å²) in [6.45, 7) is 3.49. The van der Waals surface area contributed by atoms with Crippen molar-refractivity contribution in [1.82, 2.24) is 4.90 Å². The molecule has 5 saturated heterocycles. The van der Waals surface area contributed by atoms with Crippen LogP contribution >= 0.6 is 0 Å². The summed E-state index contributed by atoms with van der Waals surface area (Å²) in [4.78, 5) is 16.0.